The highest BCUT2D eigenvalue weighted by molar-refractivity contribution is 5.89. The third kappa shape index (κ3) is 7.42. The maximum Gasteiger partial charge on any atom is 0.435 e. The molecule has 1 aromatic heterocycles. The molecular formula is C34H41F3N4O5. The van der Waals surface area contributed by atoms with Crippen LogP contribution in [0, 0.1) is 0 Å². The molecule has 0 spiro atoms. The summed E-state index contributed by atoms with van der Waals surface area (Å²) in [6, 6.07) is 11.3. The Morgan fingerprint density at radius 1 is 0.957 bits per heavy atom. The number of aromatic nitrogens is 2. The number of carbonyl (C=O) groups is 2. The topological polar surface area (TPSA) is 94.9 Å². The largest absolute Gasteiger partial charge is 0.497 e. The number of carbonyl (C=O) groups excluding carboxylic acids is 2. The highest BCUT2D eigenvalue weighted by Gasteiger charge is 2.40. The maximum atomic E-state index is 14.3. The molecule has 2 amide bonds. The average molecular weight is 643 g/mol. The van der Waals surface area contributed by atoms with E-state index in [1.165, 1.54) is 23.8 Å². The third-order valence-electron chi connectivity index (χ3n) is 8.91. The van der Waals surface area contributed by atoms with Crippen molar-refractivity contribution in [2.75, 3.05) is 27.9 Å². The lowest BCUT2D eigenvalue weighted by Crippen LogP contribution is -2.47. The highest BCUT2D eigenvalue weighted by atomic mass is 19.4. The third-order valence-corrected chi connectivity index (χ3v) is 8.91. The smallest absolute Gasteiger partial charge is 0.435 e. The minimum atomic E-state index is -4.63. The molecule has 3 aromatic rings. The molecule has 248 valence electrons. The number of nitrogens with one attached hydrogen (secondary N) is 1. The van der Waals surface area contributed by atoms with Crippen LogP contribution in [0.15, 0.2) is 42.5 Å². The molecule has 12 heteroatoms. The minimum absolute atomic E-state index is 0.0106. The zero-order valence-electron chi connectivity index (χ0n) is 26.5. The Balaban J connectivity index is 1.52. The van der Waals surface area contributed by atoms with Crippen LogP contribution < -0.4 is 19.5 Å². The van der Waals surface area contributed by atoms with Crippen LogP contribution in [-0.4, -0.2) is 60.4 Å². The van der Waals surface area contributed by atoms with E-state index in [0.29, 0.717) is 54.2 Å². The lowest BCUT2D eigenvalue weighted by atomic mass is 9.95. The molecular weight excluding hydrogens is 601 g/mol. The predicted molar refractivity (Wildman–Crippen MR) is 165 cm³/mol. The summed E-state index contributed by atoms with van der Waals surface area (Å²) in [7, 11) is 4.61. The average Bonchev–Trinajstić information content (AvgIpc) is 3.71. The van der Waals surface area contributed by atoms with Gasteiger partial charge in [-0.1, -0.05) is 31.0 Å². The van der Waals surface area contributed by atoms with Crippen LogP contribution in [-0.2, 0) is 41.6 Å². The normalized spacial score (nSPS) is 15.6. The van der Waals surface area contributed by atoms with Crippen molar-refractivity contribution in [3.05, 3.63) is 70.5 Å². The Kier molecular flexibility index (Phi) is 10.4. The molecule has 2 aliphatic carbocycles. The second-order valence-corrected chi connectivity index (χ2v) is 11.8. The molecule has 0 saturated heterocycles. The molecule has 1 N–H and O–H groups in total. The number of methoxy groups -OCH3 is 3. The minimum Gasteiger partial charge on any atom is -0.497 e. The first kappa shape index (κ1) is 33.2. The first-order valence-electron chi connectivity index (χ1n) is 15.7. The van der Waals surface area contributed by atoms with Gasteiger partial charge in [0, 0.05) is 23.8 Å². The Hall–Kier alpha value is -4.22. The van der Waals surface area contributed by atoms with Crippen LogP contribution in [0.3, 0.4) is 0 Å². The van der Waals surface area contributed by atoms with Gasteiger partial charge in [0.05, 0.1) is 21.3 Å². The summed E-state index contributed by atoms with van der Waals surface area (Å²) < 4.78 is 59.2. The van der Waals surface area contributed by atoms with Crippen LogP contribution >= 0.6 is 0 Å². The van der Waals surface area contributed by atoms with Gasteiger partial charge in [0.25, 0.3) is 0 Å². The summed E-state index contributed by atoms with van der Waals surface area (Å²) >= 11 is 0. The summed E-state index contributed by atoms with van der Waals surface area (Å²) in [6.45, 7) is -0.313. The van der Waals surface area contributed by atoms with Crippen molar-refractivity contribution in [2.24, 2.45) is 0 Å². The summed E-state index contributed by atoms with van der Waals surface area (Å²) in [6.07, 6.45) is 1.44. The zero-order valence-corrected chi connectivity index (χ0v) is 26.5. The van der Waals surface area contributed by atoms with Crippen molar-refractivity contribution in [3.63, 3.8) is 0 Å². The van der Waals surface area contributed by atoms with E-state index >= 15 is 0 Å². The summed E-state index contributed by atoms with van der Waals surface area (Å²) in [5.41, 5.74) is 1.06. The van der Waals surface area contributed by atoms with E-state index in [9.17, 15) is 22.8 Å². The van der Waals surface area contributed by atoms with Crippen molar-refractivity contribution in [1.29, 1.82) is 0 Å². The SMILES string of the molecule is COc1ccc([C@@H](C(=O)NC2CCCC2)N(CCc2ccc(OC)c(OC)c2)C(=O)Cn2nc(C(F)(F)F)c3c2CCCC3)cc1. The Morgan fingerprint density at radius 2 is 1.65 bits per heavy atom. The summed E-state index contributed by atoms with van der Waals surface area (Å²) in [5, 5.41) is 7.06. The second-order valence-electron chi connectivity index (χ2n) is 11.8. The first-order valence-corrected chi connectivity index (χ1v) is 15.7. The number of hydrogen-bond donors (Lipinski definition) is 1. The van der Waals surface area contributed by atoms with Crippen LogP contribution in [0.25, 0.3) is 0 Å². The van der Waals surface area contributed by atoms with Gasteiger partial charge in [0.15, 0.2) is 17.2 Å². The Labute approximate surface area is 267 Å². The van der Waals surface area contributed by atoms with E-state index in [0.717, 1.165) is 31.2 Å². The quantitative estimate of drug-likeness (QED) is 0.273. The van der Waals surface area contributed by atoms with E-state index in [1.807, 2.05) is 12.1 Å². The van der Waals surface area contributed by atoms with Gasteiger partial charge in [0.1, 0.15) is 18.3 Å². The van der Waals surface area contributed by atoms with Gasteiger partial charge >= 0.3 is 6.18 Å². The van der Waals surface area contributed by atoms with Crippen molar-refractivity contribution in [2.45, 2.75) is 82.6 Å². The lowest BCUT2D eigenvalue weighted by Gasteiger charge is -2.33. The van der Waals surface area contributed by atoms with Gasteiger partial charge in [0.2, 0.25) is 11.8 Å². The molecule has 46 heavy (non-hydrogen) atoms. The van der Waals surface area contributed by atoms with Crippen molar-refractivity contribution < 1.29 is 37.0 Å². The number of nitrogens with zero attached hydrogens (tertiary/aromatic N) is 3. The molecule has 0 aliphatic heterocycles. The molecule has 0 unspecified atom stereocenters. The van der Waals surface area contributed by atoms with E-state index in [1.54, 1.807) is 37.4 Å². The van der Waals surface area contributed by atoms with E-state index in [4.69, 9.17) is 14.2 Å². The molecule has 0 radical (unpaired) electrons. The van der Waals surface area contributed by atoms with Crippen molar-refractivity contribution in [3.8, 4) is 17.2 Å². The molecule has 1 fully saturated rings. The van der Waals surface area contributed by atoms with Gasteiger partial charge in [-0.2, -0.15) is 18.3 Å². The fraction of sp³-hybridized carbons (Fsp3) is 0.500. The molecule has 9 nitrogen and oxygen atoms in total. The maximum absolute atomic E-state index is 14.3. The Morgan fingerprint density at radius 3 is 2.30 bits per heavy atom. The number of alkyl halides is 3. The number of hydrogen-bond acceptors (Lipinski definition) is 6. The van der Waals surface area contributed by atoms with Gasteiger partial charge in [-0.15, -0.1) is 0 Å². The van der Waals surface area contributed by atoms with Gasteiger partial charge < -0.3 is 24.4 Å². The molecule has 0 bridgehead atoms. The predicted octanol–water partition coefficient (Wildman–Crippen LogP) is 5.68. The Bertz CT molecular complexity index is 1520. The molecule has 1 atom stereocenters. The molecule has 5 rings (SSSR count). The zero-order chi connectivity index (χ0) is 32.8. The number of fused-ring (bicyclic) bond motifs is 1. The summed E-state index contributed by atoms with van der Waals surface area (Å²) in [4.78, 5) is 29.9. The number of rotatable bonds is 12. The van der Waals surface area contributed by atoms with Crippen LogP contribution in [0.5, 0.6) is 17.2 Å². The van der Waals surface area contributed by atoms with Crippen LogP contribution in [0.4, 0.5) is 13.2 Å². The lowest BCUT2D eigenvalue weighted by molar-refractivity contribution is -0.143. The van der Waals surface area contributed by atoms with Crippen LogP contribution in [0.2, 0.25) is 0 Å². The highest BCUT2D eigenvalue weighted by Crippen LogP contribution is 2.36. The molecule has 2 aromatic carbocycles. The van der Waals surface area contributed by atoms with E-state index in [2.05, 4.69) is 10.4 Å². The van der Waals surface area contributed by atoms with Gasteiger partial charge in [-0.25, -0.2) is 0 Å². The van der Waals surface area contributed by atoms with Crippen LogP contribution in [0.1, 0.15) is 72.6 Å². The first-order chi connectivity index (χ1) is 22.1. The number of amides is 2. The summed E-state index contributed by atoms with van der Waals surface area (Å²) in [5.74, 6) is 0.815. The number of ether oxygens (including phenoxy) is 3. The van der Waals surface area contributed by atoms with Crippen molar-refractivity contribution in [1.82, 2.24) is 20.0 Å². The monoisotopic (exact) mass is 642 g/mol. The van der Waals surface area contributed by atoms with Gasteiger partial charge in [-0.05, 0) is 80.3 Å². The van der Waals surface area contributed by atoms with E-state index < -0.39 is 30.4 Å². The second kappa shape index (κ2) is 14.5. The number of benzene rings is 2. The standard InChI is InChI=1S/C34H41F3N4O5/c1-44-25-15-13-23(14-16-25)31(33(43)38-24-8-4-5-9-24)40(19-18-22-12-17-28(45-2)29(20-22)46-3)30(42)21-41-27-11-7-6-10-26(27)32(39-41)34(35,36)37/h12-17,20,24,31H,4-11,18-19,21H2,1-3H3,(H,38,43)/t31-/m0/s1. The van der Waals surface area contributed by atoms with Crippen molar-refractivity contribution >= 4 is 11.8 Å². The van der Waals surface area contributed by atoms with Gasteiger partial charge in [-0.3, -0.25) is 14.3 Å². The molecule has 2 aliphatic rings. The molecule has 1 heterocycles. The number of halogens is 3. The molecule has 1 saturated carbocycles. The fourth-order valence-electron chi connectivity index (χ4n) is 6.54. The van der Waals surface area contributed by atoms with E-state index in [-0.39, 0.29) is 30.5 Å². The fourth-order valence-corrected chi connectivity index (χ4v) is 6.54.